The average Bonchev–Trinajstić information content (AvgIpc) is 3.09. The number of hydrogen-bond acceptors (Lipinski definition) is 6. The average molecular weight is 329 g/mol. The summed E-state index contributed by atoms with van der Waals surface area (Å²) in [5, 5.41) is 26.8. The Bertz CT molecular complexity index is 989. The molecule has 0 aliphatic heterocycles. The van der Waals surface area contributed by atoms with Gasteiger partial charge in [0.05, 0.1) is 11.3 Å². The fourth-order valence-electron chi connectivity index (χ4n) is 1.98. The third-order valence-corrected chi connectivity index (χ3v) is 3.27. The van der Waals surface area contributed by atoms with Crippen LogP contribution in [0.3, 0.4) is 0 Å². The number of rotatable bonds is 4. The van der Waals surface area contributed by atoms with Crippen LogP contribution in [0.4, 0.5) is 0 Å². The van der Waals surface area contributed by atoms with Gasteiger partial charge in [-0.1, -0.05) is 12.1 Å². The van der Waals surface area contributed by atoms with Gasteiger partial charge in [-0.15, -0.1) is 0 Å². The number of carbonyl (C=O) groups is 1. The van der Waals surface area contributed by atoms with Crippen molar-refractivity contribution in [2.45, 2.75) is 0 Å². The highest BCUT2D eigenvalue weighted by molar-refractivity contribution is 5.93. The van der Waals surface area contributed by atoms with Crippen molar-refractivity contribution in [2.75, 3.05) is 0 Å². The minimum Gasteiger partial charge on any atom is -0.457 e. The Morgan fingerprint density at radius 3 is 2.12 bits per heavy atom. The number of nitriles is 3. The first kappa shape index (κ1) is 17.1. The molecule has 0 aliphatic carbocycles. The molecule has 1 heterocycles. The van der Waals surface area contributed by atoms with Crippen molar-refractivity contribution >= 4 is 12.0 Å². The number of benzene rings is 1. The number of carbonyl (C=O) groups excluding carboxylic acids is 1. The van der Waals surface area contributed by atoms with Gasteiger partial charge in [0, 0.05) is 17.2 Å². The van der Waals surface area contributed by atoms with E-state index < -0.39 is 5.91 Å². The van der Waals surface area contributed by atoms with Gasteiger partial charge in [-0.05, 0) is 24.3 Å². The highest BCUT2D eigenvalue weighted by atomic mass is 16.3. The smallest absolute Gasteiger partial charge is 0.248 e. The molecule has 0 spiro atoms. The number of primary amides is 1. The van der Waals surface area contributed by atoms with Gasteiger partial charge in [0.2, 0.25) is 5.91 Å². The Morgan fingerprint density at radius 2 is 1.60 bits per heavy atom. The minimum absolute atomic E-state index is 0.0527. The summed E-state index contributed by atoms with van der Waals surface area (Å²) >= 11 is 0. The van der Waals surface area contributed by atoms with Crippen molar-refractivity contribution in [3.05, 3.63) is 64.6 Å². The molecule has 1 amide bonds. The van der Waals surface area contributed by atoms with Crippen molar-refractivity contribution in [1.29, 1.82) is 15.8 Å². The van der Waals surface area contributed by atoms with Crippen LogP contribution in [0.1, 0.15) is 16.1 Å². The molecule has 1 aromatic carbocycles. The Hall–Kier alpha value is -4.28. The van der Waals surface area contributed by atoms with Gasteiger partial charge in [-0.25, -0.2) is 0 Å². The van der Waals surface area contributed by atoms with E-state index in [1.165, 1.54) is 6.08 Å². The predicted molar refractivity (Wildman–Crippen MR) is 88.7 cm³/mol. The summed E-state index contributed by atoms with van der Waals surface area (Å²) < 4.78 is 5.61. The predicted octanol–water partition coefficient (Wildman–Crippen LogP) is 2.21. The Morgan fingerprint density at radius 1 is 0.960 bits per heavy atom. The van der Waals surface area contributed by atoms with E-state index in [1.807, 2.05) is 6.07 Å². The standard InChI is InChI=1S/C18H11N5O2/c19-8-13(17(22)14(9-20)10-21)7-15-5-6-16(25-15)11-1-3-12(4-2-11)18(23)24/h1-7H,22H2,(H2,23,24)/b13-7+. The lowest BCUT2D eigenvalue weighted by Crippen LogP contribution is -2.10. The second-order valence-corrected chi connectivity index (χ2v) is 4.83. The van der Waals surface area contributed by atoms with Crippen molar-refractivity contribution in [2.24, 2.45) is 11.5 Å². The molecule has 0 saturated heterocycles. The topological polar surface area (TPSA) is 154 Å². The SMILES string of the molecule is N#CC(C#N)=C(N)/C(C#N)=C/c1ccc(-c2ccc(C(N)=O)cc2)o1. The van der Waals surface area contributed by atoms with Gasteiger partial charge in [0.25, 0.3) is 0 Å². The summed E-state index contributed by atoms with van der Waals surface area (Å²) in [5.74, 6) is 0.299. The first-order valence-corrected chi connectivity index (χ1v) is 6.92. The summed E-state index contributed by atoms with van der Waals surface area (Å²) in [4.78, 5) is 11.1. The van der Waals surface area contributed by atoms with Crippen molar-refractivity contribution < 1.29 is 9.21 Å². The Balaban J connectivity index is 2.37. The maximum absolute atomic E-state index is 11.1. The zero-order valence-electron chi connectivity index (χ0n) is 12.9. The number of allylic oxidation sites excluding steroid dienone is 2. The molecule has 0 atom stereocenters. The van der Waals surface area contributed by atoms with Crippen LogP contribution in [-0.4, -0.2) is 5.91 Å². The van der Waals surface area contributed by atoms with Crippen LogP contribution >= 0.6 is 0 Å². The van der Waals surface area contributed by atoms with E-state index in [0.29, 0.717) is 22.6 Å². The quantitative estimate of drug-likeness (QED) is 0.647. The molecular formula is C18H11N5O2. The molecule has 7 nitrogen and oxygen atoms in total. The van der Waals surface area contributed by atoms with E-state index in [0.717, 1.165) is 0 Å². The molecule has 2 aromatic rings. The third kappa shape index (κ3) is 3.73. The van der Waals surface area contributed by atoms with Gasteiger partial charge >= 0.3 is 0 Å². The highest BCUT2D eigenvalue weighted by Gasteiger charge is 2.10. The lowest BCUT2D eigenvalue weighted by Gasteiger charge is -1.99. The van der Waals surface area contributed by atoms with Crippen LogP contribution in [-0.2, 0) is 0 Å². The van der Waals surface area contributed by atoms with Crippen LogP contribution in [0.5, 0.6) is 0 Å². The van der Waals surface area contributed by atoms with E-state index in [2.05, 4.69) is 0 Å². The molecular weight excluding hydrogens is 318 g/mol. The molecule has 0 saturated carbocycles. The fraction of sp³-hybridized carbons (Fsp3) is 0. The summed E-state index contributed by atoms with van der Waals surface area (Å²) in [5.41, 5.74) is 11.3. The van der Waals surface area contributed by atoms with Gasteiger partial charge < -0.3 is 15.9 Å². The lowest BCUT2D eigenvalue weighted by molar-refractivity contribution is 0.100. The molecule has 0 unspecified atom stereocenters. The summed E-state index contributed by atoms with van der Waals surface area (Å²) in [6, 6.07) is 14.9. The molecule has 0 radical (unpaired) electrons. The van der Waals surface area contributed by atoms with Gasteiger partial charge in [0.1, 0.15) is 29.7 Å². The Kier molecular flexibility index (Phi) is 5.00. The molecule has 25 heavy (non-hydrogen) atoms. The number of furan rings is 1. The van der Waals surface area contributed by atoms with E-state index >= 15 is 0 Å². The van der Waals surface area contributed by atoms with Crippen LogP contribution in [0.15, 0.2) is 57.7 Å². The number of nitrogens with zero attached hydrogens (tertiary/aromatic N) is 3. The Labute approximate surface area is 143 Å². The molecule has 4 N–H and O–H groups in total. The minimum atomic E-state index is -0.527. The maximum atomic E-state index is 11.1. The second-order valence-electron chi connectivity index (χ2n) is 4.83. The van der Waals surface area contributed by atoms with Crippen LogP contribution in [0.25, 0.3) is 17.4 Å². The highest BCUT2D eigenvalue weighted by Crippen LogP contribution is 2.24. The molecule has 0 aliphatic rings. The largest absolute Gasteiger partial charge is 0.457 e. The number of hydrogen-bond donors (Lipinski definition) is 2. The zero-order valence-corrected chi connectivity index (χ0v) is 12.9. The molecule has 0 fully saturated rings. The first-order chi connectivity index (χ1) is 12.0. The van der Waals surface area contributed by atoms with E-state index in [9.17, 15) is 4.79 Å². The molecule has 1 aromatic heterocycles. The third-order valence-electron chi connectivity index (χ3n) is 3.27. The summed E-state index contributed by atoms with van der Waals surface area (Å²) in [7, 11) is 0. The molecule has 0 bridgehead atoms. The van der Waals surface area contributed by atoms with Crippen molar-refractivity contribution in [3.8, 4) is 29.5 Å². The molecule has 7 heteroatoms. The normalized spacial score (nSPS) is 10.2. The van der Waals surface area contributed by atoms with E-state index in [4.69, 9.17) is 31.7 Å². The van der Waals surface area contributed by atoms with Gasteiger partial charge in [0.15, 0.2) is 5.57 Å². The van der Waals surface area contributed by atoms with Crippen LogP contribution < -0.4 is 11.5 Å². The maximum Gasteiger partial charge on any atom is 0.248 e. The van der Waals surface area contributed by atoms with Crippen molar-refractivity contribution in [1.82, 2.24) is 0 Å². The van der Waals surface area contributed by atoms with Crippen molar-refractivity contribution in [3.63, 3.8) is 0 Å². The molecule has 2 rings (SSSR count). The summed E-state index contributed by atoms with van der Waals surface area (Å²) in [6.45, 7) is 0. The summed E-state index contributed by atoms with van der Waals surface area (Å²) in [6.07, 6.45) is 1.34. The van der Waals surface area contributed by atoms with E-state index in [1.54, 1.807) is 48.5 Å². The lowest BCUT2D eigenvalue weighted by atomic mass is 10.1. The van der Waals surface area contributed by atoms with Gasteiger partial charge in [-0.3, -0.25) is 4.79 Å². The van der Waals surface area contributed by atoms with Crippen LogP contribution in [0, 0.1) is 34.0 Å². The van der Waals surface area contributed by atoms with E-state index in [-0.39, 0.29) is 16.8 Å². The first-order valence-electron chi connectivity index (χ1n) is 6.92. The number of amides is 1. The zero-order chi connectivity index (χ0) is 18.4. The molecule has 120 valence electrons. The number of nitrogens with two attached hydrogens (primary N) is 2. The second kappa shape index (κ2) is 7.32. The fourth-order valence-corrected chi connectivity index (χ4v) is 1.98. The van der Waals surface area contributed by atoms with Gasteiger partial charge in [-0.2, -0.15) is 15.8 Å². The monoisotopic (exact) mass is 329 g/mol. The van der Waals surface area contributed by atoms with Crippen LogP contribution in [0.2, 0.25) is 0 Å².